The van der Waals surface area contributed by atoms with Crippen LogP contribution >= 0.6 is 0 Å². The van der Waals surface area contributed by atoms with E-state index in [0.717, 1.165) is 5.39 Å². The van der Waals surface area contributed by atoms with Crippen molar-refractivity contribution in [2.24, 2.45) is 4.99 Å². The normalized spacial score (nSPS) is 12.3. The van der Waals surface area contributed by atoms with Crippen molar-refractivity contribution < 1.29 is 23.1 Å². The van der Waals surface area contributed by atoms with Gasteiger partial charge in [-0.05, 0) is 63.8 Å². The molecule has 2 aromatic carbocycles. The lowest BCUT2D eigenvalue weighted by atomic mass is 10.0. The van der Waals surface area contributed by atoms with Crippen LogP contribution in [0.3, 0.4) is 0 Å². The van der Waals surface area contributed by atoms with Gasteiger partial charge in [0.25, 0.3) is 0 Å². The Morgan fingerprint density at radius 3 is 2.34 bits per heavy atom. The van der Waals surface area contributed by atoms with Crippen molar-refractivity contribution in [3.63, 3.8) is 0 Å². The molecule has 0 atom stereocenters. The average Bonchev–Trinajstić information content (AvgIpc) is 3.12. The van der Waals surface area contributed by atoms with Gasteiger partial charge in [0.1, 0.15) is 0 Å². The minimum absolute atomic E-state index is 0.0369. The molecule has 0 aliphatic heterocycles. The number of H-pyrrole nitrogens is 1. The fourth-order valence-corrected chi connectivity index (χ4v) is 4.67. The van der Waals surface area contributed by atoms with Crippen molar-refractivity contribution in [3.05, 3.63) is 53.6 Å². The van der Waals surface area contributed by atoms with E-state index in [0.29, 0.717) is 53.2 Å². The second-order valence-electron chi connectivity index (χ2n) is 8.40. The molecule has 0 fully saturated rings. The van der Waals surface area contributed by atoms with Crippen LogP contribution in [0.1, 0.15) is 36.2 Å². The first-order valence-corrected chi connectivity index (χ1v) is 13.2. The summed E-state index contributed by atoms with van der Waals surface area (Å²) in [5, 5.41) is 11.4. The Bertz CT molecular complexity index is 1330. The lowest BCUT2D eigenvalue weighted by Crippen LogP contribution is -2.35. The van der Waals surface area contributed by atoms with E-state index >= 15 is 0 Å². The number of rotatable bonds is 10. The third kappa shape index (κ3) is 6.20. The molecule has 35 heavy (non-hydrogen) atoms. The van der Waals surface area contributed by atoms with Crippen molar-refractivity contribution >= 4 is 44.0 Å². The summed E-state index contributed by atoms with van der Waals surface area (Å²) >= 11 is 0. The number of aromatic nitrogens is 1. The monoisotopic (exact) mass is 500 g/mol. The molecule has 0 aliphatic rings. The Morgan fingerprint density at radius 1 is 1.09 bits per heavy atom. The Hall–Kier alpha value is -3.37. The zero-order valence-electron chi connectivity index (χ0n) is 20.7. The van der Waals surface area contributed by atoms with Gasteiger partial charge in [-0.2, -0.15) is 0 Å². The number of carbonyl (C=O) groups excluding carboxylic acids is 1. The molecule has 0 spiro atoms. The van der Waals surface area contributed by atoms with Crippen molar-refractivity contribution in [2.75, 3.05) is 44.4 Å². The minimum Gasteiger partial charge on any atom is -0.494 e. The molecule has 0 bridgehead atoms. The summed E-state index contributed by atoms with van der Waals surface area (Å²) in [6, 6.07) is 12.0. The van der Waals surface area contributed by atoms with Gasteiger partial charge in [-0.25, -0.2) is 13.2 Å². The predicted molar refractivity (Wildman–Crippen MR) is 140 cm³/mol. The van der Waals surface area contributed by atoms with E-state index in [1.807, 2.05) is 25.9 Å². The first-order chi connectivity index (χ1) is 16.5. The zero-order chi connectivity index (χ0) is 25.8. The van der Waals surface area contributed by atoms with Crippen molar-refractivity contribution in [1.82, 2.24) is 9.88 Å². The third-order valence-corrected chi connectivity index (χ3v) is 6.66. The largest absolute Gasteiger partial charge is 0.494 e. The number of ether oxygens (including phenoxy) is 1. The molecular formula is C25H32N4O5S. The number of sulfonamides is 1. The molecular weight excluding hydrogens is 468 g/mol. The van der Waals surface area contributed by atoms with E-state index in [2.05, 4.69) is 4.98 Å². The van der Waals surface area contributed by atoms with E-state index in [1.165, 1.54) is 10.6 Å². The number of hydrogen-bond acceptors (Lipinski definition) is 7. The smallest absolute Gasteiger partial charge is 0.338 e. The highest BCUT2D eigenvalue weighted by molar-refractivity contribution is 7.92. The number of aromatic hydroxyl groups is 1. The first-order valence-electron chi connectivity index (χ1n) is 11.4. The van der Waals surface area contributed by atoms with Gasteiger partial charge in [-0.3, -0.25) is 9.30 Å². The fourth-order valence-electron chi connectivity index (χ4n) is 3.76. The van der Waals surface area contributed by atoms with Crippen LogP contribution in [-0.2, 0) is 14.8 Å². The maximum Gasteiger partial charge on any atom is 0.338 e. The van der Waals surface area contributed by atoms with Crippen LogP contribution in [0.15, 0.2) is 47.5 Å². The van der Waals surface area contributed by atoms with Gasteiger partial charge in [0.05, 0.1) is 41.1 Å². The van der Waals surface area contributed by atoms with Crippen LogP contribution < -0.4 is 4.31 Å². The Labute approximate surface area is 206 Å². The highest BCUT2D eigenvalue weighted by Crippen LogP contribution is 2.31. The van der Waals surface area contributed by atoms with Gasteiger partial charge in [-0.1, -0.05) is 13.0 Å². The molecule has 1 heterocycles. The molecule has 1 aromatic heterocycles. The molecule has 0 saturated carbocycles. The summed E-state index contributed by atoms with van der Waals surface area (Å²) in [6.07, 6.45) is 1.73. The number of hydrogen-bond donors (Lipinski definition) is 2. The molecule has 9 nitrogen and oxygen atoms in total. The van der Waals surface area contributed by atoms with E-state index < -0.39 is 16.0 Å². The lowest BCUT2D eigenvalue weighted by Gasteiger charge is -2.24. The van der Waals surface area contributed by atoms with Crippen molar-refractivity contribution in [1.29, 1.82) is 0 Å². The Balaban J connectivity index is 1.95. The lowest BCUT2D eigenvalue weighted by molar-refractivity contribution is 0.0526. The van der Waals surface area contributed by atoms with Gasteiger partial charge < -0.3 is 19.7 Å². The number of anilines is 1. The maximum absolute atomic E-state index is 12.3. The average molecular weight is 501 g/mol. The molecule has 2 N–H and O–H groups in total. The van der Waals surface area contributed by atoms with Crippen molar-refractivity contribution in [3.8, 4) is 5.88 Å². The zero-order valence-corrected chi connectivity index (χ0v) is 21.5. The van der Waals surface area contributed by atoms with Gasteiger partial charge >= 0.3 is 5.97 Å². The summed E-state index contributed by atoms with van der Waals surface area (Å²) < 4.78 is 31.0. The van der Waals surface area contributed by atoms with Crippen LogP contribution in [0.5, 0.6) is 5.88 Å². The number of likely N-dealkylation sites (N-methyl/N-ethyl adjacent to an activating group) is 1. The molecule has 3 aromatic rings. The van der Waals surface area contributed by atoms with Crippen LogP contribution in [-0.4, -0.2) is 75.1 Å². The van der Waals surface area contributed by atoms with Crippen LogP contribution in [0.2, 0.25) is 0 Å². The van der Waals surface area contributed by atoms with E-state index in [1.54, 1.807) is 49.4 Å². The van der Waals surface area contributed by atoms with E-state index in [9.17, 15) is 18.3 Å². The van der Waals surface area contributed by atoms with Gasteiger partial charge in [0.2, 0.25) is 10.0 Å². The summed E-state index contributed by atoms with van der Waals surface area (Å²) in [4.78, 5) is 21.6. The molecule has 3 rings (SSSR count). The van der Waals surface area contributed by atoms with Crippen LogP contribution in [0.25, 0.3) is 10.9 Å². The number of benzene rings is 2. The molecule has 0 saturated heterocycles. The van der Waals surface area contributed by atoms with Gasteiger partial charge in [0, 0.05) is 24.0 Å². The molecule has 0 unspecified atom stereocenters. The summed E-state index contributed by atoms with van der Waals surface area (Å²) in [5.74, 6) is -0.464. The standard InChI is InChI=1S/C25H32N4O5S/c1-6-21(23-20-13-8-17(25(31)34-7-2)16-22(20)27-24(23)30)26-18-9-11-19(12-10-18)29(35(5,32)33)15-14-28(3)4/h8-13,16,27,30H,6-7,14-15H2,1-5H3. The number of esters is 1. The predicted octanol–water partition coefficient (Wildman–Crippen LogP) is 3.91. The van der Waals surface area contributed by atoms with Gasteiger partial charge in [-0.15, -0.1) is 0 Å². The highest BCUT2D eigenvalue weighted by Gasteiger charge is 2.19. The topological polar surface area (TPSA) is 115 Å². The fraction of sp³-hybridized carbons (Fsp3) is 0.360. The van der Waals surface area contributed by atoms with E-state index in [4.69, 9.17) is 9.73 Å². The number of aromatic amines is 1. The highest BCUT2D eigenvalue weighted by atomic mass is 32.2. The van der Waals surface area contributed by atoms with E-state index in [-0.39, 0.29) is 12.5 Å². The summed E-state index contributed by atoms with van der Waals surface area (Å²) in [7, 11) is 0.350. The second-order valence-corrected chi connectivity index (χ2v) is 10.3. The summed E-state index contributed by atoms with van der Waals surface area (Å²) in [6.45, 7) is 4.89. The quantitative estimate of drug-likeness (QED) is 0.322. The molecule has 0 amide bonds. The number of fused-ring (bicyclic) bond motifs is 1. The molecule has 188 valence electrons. The molecule has 0 radical (unpaired) electrons. The second kappa shape index (κ2) is 10.9. The summed E-state index contributed by atoms with van der Waals surface area (Å²) in [5.41, 5.74) is 3.40. The number of nitrogens with one attached hydrogen (secondary N) is 1. The Kier molecular flexibility index (Phi) is 8.18. The van der Waals surface area contributed by atoms with Crippen molar-refractivity contribution in [2.45, 2.75) is 20.3 Å². The molecule has 10 heteroatoms. The number of aliphatic imine (C=N–C) groups is 1. The van der Waals surface area contributed by atoms with Gasteiger partial charge in [0.15, 0.2) is 5.88 Å². The van der Waals surface area contributed by atoms with Crippen LogP contribution in [0.4, 0.5) is 11.4 Å². The number of carbonyl (C=O) groups is 1. The molecule has 0 aliphatic carbocycles. The maximum atomic E-state index is 12.3. The number of nitrogens with zero attached hydrogens (tertiary/aromatic N) is 3. The minimum atomic E-state index is -3.43. The first kappa shape index (κ1) is 26.2. The Morgan fingerprint density at radius 2 is 1.77 bits per heavy atom. The third-order valence-electron chi connectivity index (χ3n) is 5.47. The van der Waals surface area contributed by atoms with Crippen LogP contribution in [0, 0.1) is 0 Å². The SMILES string of the molecule is CCOC(=O)c1ccc2c(C(CC)=Nc3ccc(N(CCN(C)C)S(C)(=O)=O)cc3)c(O)[nH]c2c1.